The van der Waals surface area contributed by atoms with E-state index in [1.807, 2.05) is 6.92 Å². The van der Waals surface area contributed by atoms with Crippen molar-refractivity contribution in [1.29, 1.82) is 0 Å². The molecule has 0 aromatic carbocycles. The van der Waals surface area contributed by atoms with Crippen LogP contribution in [0.4, 0.5) is 13.2 Å². The van der Waals surface area contributed by atoms with Crippen LogP contribution in [0, 0.1) is 11.8 Å². The molecule has 0 amide bonds. The fourth-order valence-corrected chi connectivity index (χ4v) is 2.66. The fraction of sp³-hybridized carbons (Fsp3) is 0.692. The lowest BCUT2D eigenvalue weighted by molar-refractivity contribution is -0.183. The molecule has 3 nitrogen and oxygen atoms in total. The molecule has 1 aliphatic carbocycles. The van der Waals surface area contributed by atoms with Crippen LogP contribution in [-0.2, 0) is 6.54 Å². The molecule has 1 heterocycles. The van der Waals surface area contributed by atoms with E-state index in [-0.39, 0.29) is 24.5 Å². The number of carbonyl (C=O) groups is 1. The predicted molar refractivity (Wildman–Crippen MR) is 63.7 cm³/mol. The smallest absolute Gasteiger partial charge is 0.329 e. The molecule has 0 N–H and O–H groups in total. The topological polar surface area (TPSA) is 34.9 Å². The highest BCUT2D eigenvalue weighted by molar-refractivity contribution is 5.94. The van der Waals surface area contributed by atoms with E-state index in [4.69, 9.17) is 0 Å². The number of carbonyl (C=O) groups excluding carboxylic acids is 1. The first-order chi connectivity index (χ1) is 8.93. The van der Waals surface area contributed by atoms with Crippen LogP contribution in [-0.4, -0.2) is 21.5 Å². The Kier molecular flexibility index (Phi) is 3.96. The molecule has 0 aliphatic heterocycles. The van der Waals surface area contributed by atoms with Crippen molar-refractivity contribution in [1.82, 2.24) is 9.55 Å². The van der Waals surface area contributed by atoms with E-state index in [1.54, 1.807) is 17.0 Å². The largest absolute Gasteiger partial charge is 0.391 e. The quantitative estimate of drug-likeness (QED) is 0.791. The highest BCUT2D eigenvalue weighted by atomic mass is 19.4. The number of halogens is 3. The number of rotatable bonds is 3. The van der Waals surface area contributed by atoms with Crippen molar-refractivity contribution in [2.24, 2.45) is 11.8 Å². The molecule has 106 valence electrons. The summed E-state index contributed by atoms with van der Waals surface area (Å²) in [5.41, 5.74) is 0. The molecule has 1 aliphatic rings. The van der Waals surface area contributed by atoms with E-state index >= 15 is 0 Å². The van der Waals surface area contributed by atoms with E-state index in [2.05, 4.69) is 4.98 Å². The minimum Gasteiger partial charge on any atom is -0.329 e. The van der Waals surface area contributed by atoms with Crippen molar-refractivity contribution in [3.05, 3.63) is 18.2 Å². The third kappa shape index (κ3) is 2.98. The normalized spacial score (nSPS) is 24.4. The second kappa shape index (κ2) is 5.35. The van der Waals surface area contributed by atoms with E-state index in [1.165, 1.54) is 0 Å². The number of aryl methyl sites for hydroxylation is 1. The molecule has 0 atom stereocenters. The van der Waals surface area contributed by atoms with Gasteiger partial charge in [0.15, 0.2) is 5.82 Å². The summed E-state index contributed by atoms with van der Waals surface area (Å²) in [4.78, 5) is 16.3. The lowest BCUT2D eigenvalue weighted by Gasteiger charge is -2.28. The van der Waals surface area contributed by atoms with Gasteiger partial charge in [-0.05, 0) is 32.6 Å². The van der Waals surface area contributed by atoms with Gasteiger partial charge in [0, 0.05) is 24.9 Å². The lowest BCUT2D eigenvalue weighted by Crippen LogP contribution is -2.31. The second-order valence-electron chi connectivity index (χ2n) is 4.99. The third-order valence-electron chi connectivity index (χ3n) is 3.84. The van der Waals surface area contributed by atoms with Gasteiger partial charge in [-0.15, -0.1) is 0 Å². The number of nitrogens with zero attached hydrogens (tertiary/aromatic N) is 2. The van der Waals surface area contributed by atoms with Gasteiger partial charge in [0.1, 0.15) is 0 Å². The highest BCUT2D eigenvalue weighted by Gasteiger charge is 2.42. The van der Waals surface area contributed by atoms with Gasteiger partial charge in [0.2, 0.25) is 5.78 Å². The van der Waals surface area contributed by atoms with Crippen LogP contribution >= 0.6 is 0 Å². The predicted octanol–water partition coefficient (Wildman–Crippen LogP) is 3.45. The van der Waals surface area contributed by atoms with Crippen molar-refractivity contribution in [3.63, 3.8) is 0 Å². The molecule has 0 unspecified atom stereocenters. The van der Waals surface area contributed by atoms with Gasteiger partial charge in [0.05, 0.1) is 5.92 Å². The van der Waals surface area contributed by atoms with E-state index in [0.29, 0.717) is 25.2 Å². The summed E-state index contributed by atoms with van der Waals surface area (Å²) in [6.07, 6.45) is -0.152. The Labute approximate surface area is 109 Å². The van der Waals surface area contributed by atoms with Crippen LogP contribution in [0.3, 0.4) is 0 Å². The number of hydrogen-bond acceptors (Lipinski definition) is 2. The average Bonchev–Trinajstić information content (AvgIpc) is 2.85. The standard InChI is InChI=1S/C13H17F3N2O/c1-2-18-8-7-17-12(18)11(19)9-3-5-10(6-4-9)13(14,15)16/h7-10H,2-6H2,1H3. The van der Waals surface area contributed by atoms with Crippen molar-refractivity contribution in [2.45, 2.75) is 45.3 Å². The minimum absolute atomic E-state index is 0.0484. The summed E-state index contributed by atoms with van der Waals surface area (Å²) in [7, 11) is 0. The zero-order valence-electron chi connectivity index (χ0n) is 10.8. The third-order valence-corrected chi connectivity index (χ3v) is 3.84. The van der Waals surface area contributed by atoms with E-state index in [9.17, 15) is 18.0 Å². The average molecular weight is 274 g/mol. The Morgan fingerprint density at radius 3 is 2.53 bits per heavy atom. The first-order valence-corrected chi connectivity index (χ1v) is 6.55. The first kappa shape index (κ1) is 14.1. The van der Waals surface area contributed by atoms with E-state index in [0.717, 1.165) is 0 Å². The van der Waals surface area contributed by atoms with Crippen LogP contribution in [0.15, 0.2) is 12.4 Å². The van der Waals surface area contributed by atoms with Crippen molar-refractivity contribution >= 4 is 5.78 Å². The summed E-state index contributed by atoms with van der Waals surface area (Å²) in [5.74, 6) is -1.31. The van der Waals surface area contributed by atoms with Crippen molar-refractivity contribution < 1.29 is 18.0 Å². The molecule has 1 aromatic heterocycles. The van der Waals surface area contributed by atoms with Crippen LogP contribution in [0.1, 0.15) is 43.2 Å². The maximum Gasteiger partial charge on any atom is 0.391 e. The summed E-state index contributed by atoms with van der Waals surface area (Å²) in [6, 6.07) is 0. The summed E-state index contributed by atoms with van der Waals surface area (Å²) in [5, 5.41) is 0. The number of alkyl halides is 3. The van der Waals surface area contributed by atoms with E-state index < -0.39 is 12.1 Å². The monoisotopic (exact) mass is 274 g/mol. The zero-order chi connectivity index (χ0) is 14.0. The van der Waals surface area contributed by atoms with Gasteiger partial charge in [0.25, 0.3) is 0 Å². The Bertz CT molecular complexity index is 445. The molecule has 19 heavy (non-hydrogen) atoms. The SMILES string of the molecule is CCn1ccnc1C(=O)C1CCC(C(F)(F)F)CC1. The number of ketones is 1. The van der Waals surface area contributed by atoms with Gasteiger partial charge in [-0.1, -0.05) is 0 Å². The van der Waals surface area contributed by atoms with Crippen LogP contribution in [0.5, 0.6) is 0 Å². The Morgan fingerprint density at radius 1 is 1.37 bits per heavy atom. The summed E-state index contributed by atoms with van der Waals surface area (Å²) in [6.45, 7) is 2.54. The molecule has 1 aromatic rings. The Morgan fingerprint density at radius 2 is 2.00 bits per heavy atom. The Balaban J connectivity index is 2.00. The molecule has 0 radical (unpaired) electrons. The molecule has 0 bridgehead atoms. The summed E-state index contributed by atoms with van der Waals surface area (Å²) < 4.78 is 39.4. The highest BCUT2D eigenvalue weighted by Crippen LogP contribution is 2.40. The molecule has 0 saturated heterocycles. The van der Waals surface area contributed by atoms with Gasteiger partial charge in [-0.2, -0.15) is 13.2 Å². The second-order valence-corrected chi connectivity index (χ2v) is 4.99. The number of hydrogen-bond donors (Lipinski definition) is 0. The van der Waals surface area contributed by atoms with Crippen molar-refractivity contribution in [2.75, 3.05) is 0 Å². The maximum absolute atomic E-state index is 12.6. The van der Waals surface area contributed by atoms with Crippen LogP contribution in [0.2, 0.25) is 0 Å². The lowest BCUT2D eigenvalue weighted by atomic mass is 9.79. The van der Waals surface area contributed by atoms with Crippen molar-refractivity contribution in [3.8, 4) is 0 Å². The molecule has 0 spiro atoms. The Hall–Kier alpha value is -1.33. The van der Waals surface area contributed by atoms with Gasteiger partial charge in [-0.25, -0.2) is 4.98 Å². The number of imidazole rings is 1. The first-order valence-electron chi connectivity index (χ1n) is 6.55. The van der Waals surface area contributed by atoms with Gasteiger partial charge < -0.3 is 4.57 Å². The molecule has 1 fully saturated rings. The molecular weight excluding hydrogens is 257 g/mol. The molecule has 2 rings (SSSR count). The fourth-order valence-electron chi connectivity index (χ4n) is 2.66. The zero-order valence-corrected chi connectivity index (χ0v) is 10.8. The van der Waals surface area contributed by atoms with Crippen LogP contribution in [0.25, 0.3) is 0 Å². The summed E-state index contributed by atoms with van der Waals surface area (Å²) >= 11 is 0. The maximum atomic E-state index is 12.6. The number of aromatic nitrogens is 2. The molecule has 1 saturated carbocycles. The van der Waals surface area contributed by atoms with Gasteiger partial charge in [-0.3, -0.25) is 4.79 Å². The minimum atomic E-state index is -4.13. The van der Waals surface area contributed by atoms with Gasteiger partial charge >= 0.3 is 6.18 Å². The molecular formula is C13H17F3N2O. The van der Waals surface area contributed by atoms with Crippen LogP contribution < -0.4 is 0 Å². The molecule has 6 heteroatoms. The number of Topliss-reactive ketones (excluding diaryl/α,β-unsaturated/α-hetero) is 1.